The molecule has 10 rings (SSSR count). The average molecular weight is 1580 g/mol. The largest absolute Gasteiger partial charge is 1.00 e. The molecule has 22 nitrogen and oxygen atoms in total. The fourth-order valence-corrected chi connectivity index (χ4v) is 15.0. The van der Waals surface area contributed by atoms with Gasteiger partial charge in [-0.2, -0.15) is 9.13 Å². The molecule has 0 radical (unpaired) electrons. The fraction of sp³-hybridized carbons (Fsp3) is 0.338. The predicted octanol–water partition coefficient (Wildman–Crippen LogP) is 4.29. The molecule has 2 aromatic heterocycles. The van der Waals surface area contributed by atoms with Crippen LogP contribution in [0.2, 0.25) is 15.1 Å². The van der Waals surface area contributed by atoms with E-state index in [0.29, 0.717) is 63.4 Å². The van der Waals surface area contributed by atoms with Crippen LogP contribution in [-0.4, -0.2) is 119 Å². The second-order valence-electron chi connectivity index (χ2n) is 22.9. The number of fused-ring (bicyclic) bond motifs is 4. The van der Waals surface area contributed by atoms with Crippen LogP contribution in [0.15, 0.2) is 165 Å². The van der Waals surface area contributed by atoms with Crippen molar-refractivity contribution in [2.75, 3.05) is 65.1 Å². The third-order valence-corrected chi connectivity index (χ3v) is 22.3. The molecule has 0 amide bonds. The number of nitrogens with one attached hydrogen (secondary N) is 2. The monoisotopic (exact) mass is 1580 g/mol. The first-order valence-corrected chi connectivity index (χ1v) is 40.6. The van der Waals surface area contributed by atoms with Gasteiger partial charge < -0.3 is 57.3 Å². The van der Waals surface area contributed by atoms with Crippen molar-refractivity contribution in [2.45, 2.75) is 103 Å². The summed E-state index contributed by atoms with van der Waals surface area (Å²) in [5.74, 6) is -1.19. The number of aryl methyl sites for hydroxylation is 2. The van der Waals surface area contributed by atoms with E-state index in [1.807, 2.05) is 112 Å². The first kappa shape index (κ1) is 87.0. The van der Waals surface area contributed by atoms with Crippen molar-refractivity contribution in [3.63, 3.8) is 0 Å². The van der Waals surface area contributed by atoms with Crippen molar-refractivity contribution in [3.05, 3.63) is 182 Å². The molecule has 0 fully saturated rings. The normalized spacial score (nSPS) is 14.3. The molecule has 0 aliphatic carbocycles. The van der Waals surface area contributed by atoms with Gasteiger partial charge in [0.1, 0.15) is 4.70 Å². The minimum absolute atomic E-state index is 0. The number of allylic oxidation sites excluding steroid dienone is 2. The number of hydrogen-bond acceptors (Lipinski definition) is 21. The molecule has 6 aromatic carbocycles. The number of anilines is 3. The second kappa shape index (κ2) is 40.2. The van der Waals surface area contributed by atoms with Crippen molar-refractivity contribution >= 4 is 155 Å². The van der Waals surface area contributed by atoms with Crippen molar-refractivity contribution in [1.29, 1.82) is 0 Å². The zero-order valence-electron chi connectivity index (χ0n) is 57.1. The standard InChI is InChI=1S/C32H33ClN2O8S2.C21H20Cl2N2O6S4.C9H11NO2.C6H15N.2Na/c1-3-23(18-31-34(15-7-17-44(36,37)38)28-21-26(33)11-13-30(28)43-31)19-32-35(16-14-22(2)45(39,40)41)27-20-25(10-12-29(27)42-32)24-8-5-4-6-9-24;22-14-3-5-18-16(11-14)24(7-1-9-34(26,27)28)20(32-18)13-21-25(8-2-10-35(29,30)31)17-12-15(23)4-6-19(17)33-21;1-7(9(11)12)10-8-5-3-2-4-6-8;1-4-7(5-2)6-3;;/h4-6,8-13,18-22H,3,7,14-17H2,1-2H3,(H-,36,37,38,39,40,41);3-6,11-13H,1-2,7-10H2,(H-,26,27,28,29,30,31);2-7,10H,1H3,(H,11,12);4-6H2,1-3H3;;/q;;;;2*+1/p-2. The Kier molecular flexibility index (Phi) is 34.6. The minimum Gasteiger partial charge on any atom is -0.748 e. The van der Waals surface area contributed by atoms with E-state index >= 15 is 0 Å². The molecule has 2 atom stereocenters. The van der Waals surface area contributed by atoms with Crippen LogP contribution in [0.3, 0.4) is 0 Å². The minimum atomic E-state index is -4.48. The van der Waals surface area contributed by atoms with Crippen LogP contribution in [0.1, 0.15) is 84.5 Å². The summed E-state index contributed by atoms with van der Waals surface area (Å²) in [4.78, 5) is 16.6. The SMILES string of the molecule is CC(Nc1ccccc1)C(=O)[O-].CCC(=Cc1oc2ccc(-c3ccccc3)cc2[n+]1CCC(C)S(=O)(=O)[O-])C=C1Oc2ccc(Cl)cc2N1CCCS(=O)(=O)[O-].CC[NH+](CC)CC.O=S(=O)([O-])CCCN1C(=Cc2sc3ccc(Cl)cc3[n+]2CCCS(=O)(=O)[O-])Sc2ccc(Cl)cc21.[Na+].[Na+]. The van der Waals surface area contributed by atoms with Crippen LogP contribution in [0.5, 0.6) is 5.75 Å². The topological polar surface area (TPSA) is 322 Å². The summed E-state index contributed by atoms with van der Waals surface area (Å²) in [7, 11) is -17.6. The van der Waals surface area contributed by atoms with E-state index in [1.165, 1.54) is 49.7 Å². The molecule has 0 spiro atoms. The number of benzene rings is 6. The summed E-state index contributed by atoms with van der Waals surface area (Å²) in [6, 6.07) is 40.0. The summed E-state index contributed by atoms with van der Waals surface area (Å²) in [6.07, 6.45) is 6.54. The number of carboxylic acids is 1. The molecule has 534 valence electrons. The summed E-state index contributed by atoms with van der Waals surface area (Å²) in [5, 5.41) is 15.1. The Labute approximate surface area is 659 Å². The molecule has 2 aliphatic heterocycles. The van der Waals surface area contributed by atoms with Gasteiger partial charge in [-0.15, -0.1) is 0 Å². The third-order valence-electron chi connectivity index (χ3n) is 15.8. The number of carbonyl (C=O) groups is 1. The first-order chi connectivity index (χ1) is 46.8. The number of thioether (sulfide) groups is 1. The maximum Gasteiger partial charge on any atom is 1.00 e. The number of quaternary nitrogens is 1. The molecule has 8 aromatic rings. The molecule has 0 saturated carbocycles. The number of rotatable bonds is 27. The average Bonchev–Trinajstić information content (AvgIpc) is 1.65. The van der Waals surface area contributed by atoms with E-state index in [9.17, 15) is 61.8 Å². The van der Waals surface area contributed by atoms with E-state index in [2.05, 4.69) is 26.1 Å². The maximum absolute atomic E-state index is 11.7. The van der Waals surface area contributed by atoms with Gasteiger partial charge in [-0.25, -0.2) is 33.7 Å². The Morgan fingerprint density at radius 1 is 0.644 bits per heavy atom. The van der Waals surface area contributed by atoms with Gasteiger partial charge >= 0.3 is 65.0 Å². The van der Waals surface area contributed by atoms with Crippen molar-refractivity contribution < 1.29 is 144 Å². The number of carboxylic acid groups (broad SMARTS) is 1. The van der Waals surface area contributed by atoms with E-state index in [0.717, 1.165) is 58.7 Å². The van der Waals surface area contributed by atoms with Crippen LogP contribution >= 0.6 is 57.9 Å². The third kappa shape index (κ3) is 27.0. The number of para-hydroxylation sites is 1. The van der Waals surface area contributed by atoms with Crippen LogP contribution in [0.4, 0.5) is 17.1 Å². The van der Waals surface area contributed by atoms with Crippen molar-refractivity contribution in [2.24, 2.45) is 0 Å². The van der Waals surface area contributed by atoms with E-state index < -0.39 is 75.0 Å². The molecule has 0 bridgehead atoms. The van der Waals surface area contributed by atoms with Gasteiger partial charge in [0.15, 0.2) is 18.8 Å². The van der Waals surface area contributed by atoms with Gasteiger partial charge in [0.2, 0.25) is 17.0 Å². The van der Waals surface area contributed by atoms with Gasteiger partial charge in [-0.3, -0.25) is 0 Å². The quantitative estimate of drug-likeness (QED) is 0.0412. The van der Waals surface area contributed by atoms with E-state index in [4.69, 9.17) is 44.0 Å². The molecule has 33 heteroatoms. The van der Waals surface area contributed by atoms with E-state index in [1.54, 1.807) is 77.4 Å². The van der Waals surface area contributed by atoms with E-state index in [-0.39, 0.29) is 97.9 Å². The fourth-order valence-electron chi connectivity index (χ4n) is 10.4. The maximum atomic E-state index is 11.7. The molecular formula is C68H77Cl3N6Na2O16S6. The van der Waals surface area contributed by atoms with Gasteiger partial charge in [-0.05, 0) is 137 Å². The Bertz CT molecular complexity index is 4680. The van der Waals surface area contributed by atoms with Gasteiger partial charge in [0.25, 0.3) is 10.5 Å². The summed E-state index contributed by atoms with van der Waals surface area (Å²) in [6.45, 7) is 16.4. The van der Waals surface area contributed by atoms with Gasteiger partial charge in [0, 0.05) is 87.0 Å². The molecule has 4 heterocycles. The Hall–Kier alpha value is -4.61. The molecular weight excluding hydrogens is 1500 g/mol. The molecule has 2 N–H and O–H groups in total. The van der Waals surface area contributed by atoms with Crippen molar-refractivity contribution in [1.82, 2.24) is 0 Å². The number of carbonyl (C=O) groups excluding carboxylic acids is 1. The molecule has 0 saturated heterocycles. The molecule has 101 heavy (non-hydrogen) atoms. The van der Waals surface area contributed by atoms with Gasteiger partial charge in [-0.1, -0.05) is 119 Å². The predicted molar refractivity (Wildman–Crippen MR) is 386 cm³/mol. The first-order valence-electron chi connectivity index (χ1n) is 31.7. The van der Waals surface area contributed by atoms with Crippen LogP contribution in [0, 0.1) is 0 Å². The summed E-state index contributed by atoms with van der Waals surface area (Å²) < 4.78 is 153. The van der Waals surface area contributed by atoms with Crippen LogP contribution < -0.4 is 98.1 Å². The summed E-state index contributed by atoms with van der Waals surface area (Å²) in [5.41, 5.74) is 7.11. The van der Waals surface area contributed by atoms with Crippen LogP contribution in [0.25, 0.3) is 44.6 Å². The number of halogens is 3. The van der Waals surface area contributed by atoms with Crippen molar-refractivity contribution in [3.8, 4) is 16.9 Å². The smallest absolute Gasteiger partial charge is 0.748 e. The number of aliphatic carboxylic acids is 1. The molecule has 2 aliphatic rings. The number of oxazole rings is 1. The van der Waals surface area contributed by atoms with Gasteiger partial charge in [0.05, 0.1) is 106 Å². The number of thiazole rings is 1. The molecule has 2 unspecified atom stereocenters. The Balaban J connectivity index is 0.000000289. The Morgan fingerprint density at radius 2 is 1.21 bits per heavy atom. The number of nitrogens with zero attached hydrogens (tertiary/aromatic N) is 4. The van der Waals surface area contributed by atoms with Crippen LogP contribution in [-0.2, 0) is 58.4 Å². The zero-order chi connectivity index (χ0) is 72.4. The Morgan fingerprint density at radius 3 is 1.78 bits per heavy atom. The number of ether oxygens (including phenoxy) is 1. The zero-order valence-corrected chi connectivity index (χ0v) is 68.3. The number of aromatic nitrogens is 2. The summed E-state index contributed by atoms with van der Waals surface area (Å²) >= 11 is 21.6. The second-order valence-corrected chi connectivity index (χ2v) is 32.7. The number of hydrogen-bond donors (Lipinski definition) is 2.